The molecule has 194 valence electrons. The van der Waals surface area contributed by atoms with Crippen molar-refractivity contribution in [3.8, 4) is 17.2 Å². The molecule has 0 fully saturated rings. The van der Waals surface area contributed by atoms with Crippen molar-refractivity contribution in [1.29, 1.82) is 0 Å². The van der Waals surface area contributed by atoms with E-state index in [1.54, 1.807) is 12.7 Å². The number of ether oxygens (including phenoxy) is 2. The van der Waals surface area contributed by atoms with Gasteiger partial charge in [0, 0.05) is 46.8 Å². The number of nitrogens with zero attached hydrogens (tertiary/aromatic N) is 2. The summed E-state index contributed by atoms with van der Waals surface area (Å²) in [6.07, 6.45) is 10.8. The van der Waals surface area contributed by atoms with Gasteiger partial charge in [0.1, 0.15) is 23.0 Å². The smallest absolute Gasteiger partial charge is 0.168 e. The predicted octanol–water partition coefficient (Wildman–Crippen LogP) is 6.50. The molecule has 0 amide bonds. The van der Waals surface area contributed by atoms with Gasteiger partial charge in [-0.15, -0.1) is 0 Å². The number of hydrogen-bond acceptors (Lipinski definition) is 6. The highest BCUT2D eigenvalue weighted by atomic mass is 16.5. The highest BCUT2D eigenvalue weighted by molar-refractivity contribution is 5.77. The molecule has 0 radical (unpaired) electrons. The summed E-state index contributed by atoms with van der Waals surface area (Å²) in [5.74, 6) is 4.23. The van der Waals surface area contributed by atoms with E-state index < -0.39 is 5.41 Å². The molecule has 8 rings (SSSR count). The van der Waals surface area contributed by atoms with Gasteiger partial charge in [0.25, 0.3) is 0 Å². The Morgan fingerprint density at radius 3 is 2.31 bits per heavy atom. The summed E-state index contributed by atoms with van der Waals surface area (Å²) in [5, 5.41) is 6.62. The molecule has 1 aliphatic carbocycles. The summed E-state index contributed by atoms with van der Waals surface area (Å²) in [6.45, 7) is 1.06. The molecule has 6 heteroatoms. The van der Waals surface area contributed by atoms with Crippen LogP contribution in [-0.2, 0) is 5.41 Å². The minimum absolute atomic E-state index is 0.281. The second kappa shape index (κ2) is 8.87. The minimum Gasteiger partial charge on any atom is -0.461 e. The number of aliphatic imine (C=N–C) groups is 2. The molecule has 1 unspecified atom stereocenters. The zero-order valence-corrected chi connectivity index (χ0v) is 21.7. The normalized spacial score (nSPS) is 22.3. The Morgan fingerprint density at radius 1 is 0.821 bits per heavy atom. The average molecular weight is 515 g/mol. The van der Waals surface area contributed by atoms with Crippen molar-refractivity contribution in [2.24, 2.45) is 15.9 Å². The molecule has 6 nitrogen and oxygen atoms in total. The summed E-state index contributed by atoms with van der Waals surface area (Å²) in [4.78, 5) is 9.08. The molecule has 1 atom stereocenters. The Bertz CT molecular complexity index is 1540. The van der Waals surface area contributed by atoms with Crippen LogP contribution in [0.4, 0.5) is 0 Å². The second-order valence-electron chi connectivity index (χ2n) is 10.9. The van der Waals surface area contributed by atoms with Gasteiger partial charge in [-0.2, -0.15) is 0 Å². The number of benzene rings is 3. The van der Waals surface area contributed by atoms with E-state index in [4.69, 9.17) is 9.47 Å². The quantitative estimate of drug-likeness (QED) is 0.410. The van der Waals surface area contributed by atoms with E-state index in [9.17, 15) is 0 Å². The van der Waals surface area contributed by atoms with Gasteiger partial charge in [0.15, 0.2) is 6.17 Å². The van der Waals surface area contributed by atoms with Crippen molar-refractivity contribution >= 4 is 12.7 Å². The number of fused-ring (bicyclic) bond motifs is 7. The SMILES string of the molecule is C1=NC(c2ccc3c(c2)OC2=C(CCC(C4=CCCCN4)C2)C32c3ccccc3Oc3ccccc32)N=CN1. The maximum Gasteiger partial charge on any atom is 0.168 e. The minimum atomic E-state index is -0.479. The molecule has 1 spiro atoms. The van der Waals surface area contributed by atoms with Crippen LogP contribution in [0.5, 0.6) is 17.2 Å². The summed E-state index contributed by atoms with van der Waals surface area (Å²) < 4.78 is 13.4. The molecule has 5 aliphatic rings. The highest BCUT2D eigenvalue weighted by Gasteiger charge is 2.52. The number of hydrogen-bond donors (Lipinski definition) is 2. The molecule has 0 saturated heterocycles. The van der Waals surface area contributed by atoms with Gasteiger partial charge in [-0.3, -0.25) is 0 Å². The van der Waals surface area contributed by atoms with Gasteiger partial charge in [0.2, 0.25) is 0 Å². The fourth-order valence-corrected chi connectivity index (χ4v) is 7.12. The van der Waals surface area contributed by atoms with Crippen molar-refractivity contribution < 1.29 is 9.47 Å². The van der Waals surface area contributed by atoms with E-state index in [-0.39, 0.29) is 6.17 Å². The topological polar surface area (TPSA) is 67.2 Å². The van der Waals surface area contributed by atoms with E-state index in [2.05, 4.69) is 93.4 Å². The molecule has 4 aliphatic heterocycles. The molecule has 0 bridgehead atoms. The van der Waals surface area contributed by atoms with Crippen LogP contribution in [0.15, 0.2) is 99.8 Å². The lowest BCUT2D eigenvalue weighted by Gasteiger charge is -2.48. The van der Waals surface area contributed by atoms with Crippen molar-refractivity contribution in [2.45, 2.75) is 43.7 Å². The molecular formula is C33H30N4O2. The zero-order chi connectivity index (χ0) is 25.8. The first-order valence-corrected chi connectivity index (χ1v) is 14.0. The van der Waals surface area contributed by atoms with Crippen LogP contribution in [0.25, 0.3) is 0 Å². The first kappa shape index (κ1) is 22.6. The molecule has 4 heterocycles. The van der Waals surface area contributed by atoms with Crippen LogP contribution < -0.4 is 20.1 Å². The number of allylic oxidation sites excluding steroid dienone is 4. The van der Waals surface area contributed by atoms with Crippen LogP contribution >= 0.6 is 0 Å². The summed E-state index contributed by atoms with van der Waals surface area (Å²) in [6, 6.07) is 23.6. The zero-order valence-electron chi connectivity index (χ0n) is 21.7. The maximum absolute atomic E-state index is 6.91. The standard InChI is InChI=1S/C33H30N4O2/c1-3-10-28-23(7-1)33(24-8-2-4-11-29(24)38-28)25-14-12-21(27-9-5-6-16-35-27)17-30(25)39-31-18-22(13-15-26(31)33)32-36-19-34-20-37-32/h1-4,7-11,13,15,18-21,32,35H,5-6,12,14,16-17H2,(H,34,36,37). The van der Waals surface area contributed by atoms with Crippen LogP contribution in [0.1, 0.15) is 60.5 Å². The van der Waals surface area contributed by atoms with Crippen molar-refractivity contribution in [3.63, 3.8) is 0 Å². The van der Waals surface area contributed by atoms with Gasteiger partial charge in [-0.05, 0) is 49.5 Å². The first-order chi connectivity index (χ1) is 19.3. The van der Waals surface area contributed by atoms with Gasteiger partial charge < -0.3 is 20.1 Å². The lowest BCUT2D eigenvalue weighted by atomic mass is 9.59. The molecule has 3 aromatic carbocycles. The Kier molecular flexibility index (Phi) is 5.15. The second-order valence-corrected chi connectivity index (χ2v) is 10.9. The van der Waals surface area contributed by atoms with Crippen molar-refractivity contribution in [1.82, 2.24) is 10.6 Å². The number of nitrogens with one attached hydrogen (secondary N) is 2. The fraction of sp³-hybridized carbons (Fsp3) is 0.273. The maximum atomic E-state index is 6.91. The predicted molar refractivity (Wildman–Crippen MR) is 152 cm³/mol. The number of para-hydroxylation sites is 2. The average Bonchev–Trinajstić information content (AvgIpc) is 3.01. The molecule has 3 aromatic rings. The molecule has 39 heavy (non-hydrogen) atoms. The third-order valence-electron chi connectivity index (χ3n) is 8.80. The highest BCUT2D eigenvalue weighted by Crippen LogP contribution is 2.62. The number of rotatable bonds is 2. The Labute approximate surface area is 228 Å². The van der Waals surface area contributed by atoms with Gasteiger partial charge in [-0.1, -0.05) is 54.6 Å². The van der Waals surface area contributed by atoms with E-state index in [0.717, 1.165) is 66.4 Å². The van der Waals surface area contributed by atoms with Crippen LogP contribution in [0, 0.1) is 5.92 Å². The van der Waals surface area contributed by atoms with Gasteiger partial charge >= 0.3 is 0 Å². The van der Waals surface area contributed by atoms with Gasteiger partial charge in [-0.25, -0.2) is 9.98 Å². The molecule has 0 aromatic heterocycles. The largest absolute Gasteiger partial charge is 0.461 e. The van der Waals surface area contributed by atoms with Crippen LogP contribution in [-0.4, -0.2) is 19.2 Å². The van der Waals surface area contributed by atoms with E-state index >= 15 is 0 Å². The fourth-order valence-electron chi connectivity index (χ4n) is 7.12. The Hall–Kier alpha value is -4.32. The Balaban J connectivity index is 1.37. The molecule has 2 N–H and O–H groups in total. The first-order valence-electron chi connectivity index (χ1n) is 14.0. The Morgan fingerprint density at radius 2 is 1.56 bits per heavy atom. The van der Waals surface area contributed by atoms with Crippen LogP contribution in [0.2, 0.25) is 0 Å². The summed E-state index contributed by atoms with van der Waals surface area (Å²) >= 11 is 0. The van der Waals surface area contributed by atoms with E-state index in [1.807, 2.05) is 0 Å². The molecule has 0 saturated carbocycles. The van der Waals surface area contributed by atoms with Crippen molar-refractivity contribution in [3.05, 3.63) is 112 Å². The van der Waals surface area contributed by atoms with Gasteiger partial charge in [0.05, 0.1) is 18.1 Å². The van der Waals surface area contributed by atoms with Crippen LogP contribution in [0.3, 0.4) is 0 Å². The lowest BCUT2D eigenvalue weighted by molar-refractivity contribution is 0.295. The summed E-state index contributed by atoms with van der Waals surface area (Å²) in [7, 11) is 0. The summed E-state index contributed by atoms with van der Waals surface area (Å²) in [5.41, 5.74) is 6.79. The van der Waals surface area contributed by atoms with E-state index in [0.29, 0.717) is 5.92 Å². The monoisotopic (exact) mass is 514 g/mol. The van der Waals surface area contributed by atoms with E-state index in [1.165, 1.54) is 28.8 Å². The third-order valence-corrected chi connectivity index (χ3v) is 8.80. The lowest BCUT2D eigenvalue weighted by Crippen LogP contribution is -2.41. The van der Waals surface area contributed by atoms with Crippen molar-refractivity contribution in [2.75, 3.05) is 6.54 Å². The third kappa shape index (κ3) is 3.40. The molecular weight excluding hydrogens is 484 g/mol.